The van der Waals surface area contributed by atoms with Crippen LogP contribution in [0.15, 0.2) is 18.2 Å². The van der Waals surface area contributed by atoms with Crippen molar-refractivity contribution in [1.29, 1.82) is 0 Å². The van der Waals surface area contributed by atoms with Crippen molar-refractivity contribution >= 4 is 28.3 Å². The van der Waals surface area contributed by atoms with E-state index in [1.165, 1.54) is 11.3 Å². The molecule has 29 heavy (non-hydrogen) atoms. The Labute approximate surface area is 172 Å². The highest BCUT2D eigenvalue weighted by Crippen LogP contribution is 2.43. The molecule has 1 atom stereocenters. The molecular formula is C20H23N3O5S. The average Bonchev–Trinajstić information content (AvgIpc) is 3.11. The van der Waals surface area contributed by atoms with Gasteiger partial charge in [-0.15, -0.1) is 11.3 Å². The van der Waals surface area contributed by atoms with Crippen molar-refractivity contribution in [3.63, 3.8) is 0 Å². The van der Waals surface area contributed by atoms with E-state index in [1.54, 1.807) is 26.0 Å². The molecular weight excluding hydrogens is 394 g/mol. The summed E-state index contributed by atoms with van der Waals surface area (Å²) in [6.07, 6.45) is -0.135. The highest BCUT2D eigenvalue weighted by Gasteiger charge is 2.35. The summed E-state index contributed by atoms with van der Waals surface area (Å²) >= 11 is 1.51. The lowest BCUT2D eigenvalue weighted by Crippen LogP contribution is -2.39. The molecule has 0 radical (unpaired) electrons. The minimum Gasteiger partial charge on any atom is -0.493 e. The molecule has 1 aromatic carbocycles. The van der Waals surface area contributed by atoms with E-state index < -0.39 is 6.17 Å². The van der Waals surface area contributed by atoms with E-state index in [0.717, 1.165) is 21.0 Å². The predicted molar refractivity (Wildman–Crippen MR) is 109 cm³/mol. The second kappa shape index (κ2) is 7.82. The zero-order valence-corrected chi connectivity index (χ0v) is 17.4. The van der Waals surface area contributed by atoms with Crippen molar-refractivity contribution < 1.29 is 23.8 Å². The van der Waals surface area contributed by atoms with Crippen molar-refractivity contribution in [2.24, 2.45) is 0 Å². The first kappa shape index (κ1) is 19.4. The summed E-state index contributed by atoms with van der Waals surface area (Å²) in [4.78, 5) is 27.7. The second-order valence-electron chi connectivity index (χ2n) is 6.71. The van der Waals surface area contributed by atoms with E-state index in [-0.39, 0.29) is 12.0 Å². The standard InChI is InChI=1S/C20H23N3O5S/c1-4-28-20(25)23-9-8-11-14(10-23)29-19-15(11)18(24)21-17(22-19)12-6-5-7-13(26-2)16(12)27-3/h5-7,17,22H,4,8-10H2,1-3H3,(H,21,24). The molecule has 1 aromatic heterocycles. The first-order valence-corrected chi connectivity index (χ1v) is 10.2. The molecule has 0 fully saturated rings. The first-order chi connectivity index (χ1) is 14.1. The number of carbonyl (C=O) groups excluding carboxylic acids is 2. The molecule has 154 valence electrons. The molecule has 9 heteroatoms. The third-order valence-electron chi connectivity index (χ3n) is 5.11. The van der Waals surface area contributed by atoms with Gasteiger partial charge in [-0.3, -0.25) is 4.79 Å². The SMILES string of the molecule is CCOC(=O)N1CCc2c(sc3c2C(=O)NC(c2cccc(OC)c2OC)N3)C1. The third kappa shape index (κ3) is 3.35. The van der Waals surface area contributed by atoms with Crippen LogP contribution in [0.3, 0.4) is 0 Å². The molecule has 0 bridgehead atoms. The maximum absolute atomic E-state index is 13.0. The summed E-state index contributed by atoms with van der Waals surface area (Å²) in [6, 6.07) is 5.56. The molecule has 3 heterocycles. The number of nitrogens with zero attached hydrogens (tertiary/aromatic N) is 1. The number of ether oxygens (including phenoxy) is 3. The van der Waals surface area contributed by atoms with Crippen LogP contribution in [-0.4, -0.2) is 44.3 Å². The molecule has 2 N–H and O–H groups in total. The molecule has 0 saturated heterocycles. The first-order valence-electron chi connectivity index (χ1n) is 9.41. The number of hydrogen-bond acceptors (Lipinski definition) is 7. The van der Waals surface area contributed by atoms with Gasteiger partial charge in [-0.2, -0.15) is 0 Å². The summed E-state index contributed by atoms with van der Waals surface area (Å²) in [7, 11) is 3.15. The summed E-state index contributed by atoms with van der Waals surface area (Å²) in [5, 5.41) is 7.24. The van der Waals surface area contributed by atoms with Crippen molar-refractivity contribution in [2.75, 3.05) is 32.7 Å². The summed E-state index contributed by atoms with van der Waals surface area (Å²) in [6.45, 7) is 3.12. The van der Waals surface area contributed by atoms with Crippen LogP contribution < -0.4 is 20.1 Å². The number of rotatable bonds is 4. The van der Waals surface area contributed by atoms with Crippen LogP contribution in [0.5, 0.6) is 11.5 Å². The van der Waals surface area contributed by atoms with Gasteiger partial charge in [0, 0.05) is 17.0 Å². The maximum Gasteiger partial charge on any atom is 0.410 e. The number of para-hydroxylation sites is 1. The fourth-order valence-corrected chi connectivity index (χ4v) is 5.07. The Morgan fingerprint density at radius 1 is 1.28 bits per heavy atom. The summed E-state index contributed by atoms with van der Waals surface area (Å²) < 4.78 is 16.0. The molecule has 0 aliphatic carbocycles. The van der Waals surface area contributed by atoms with Gasteiger partial charge in [0.1, 0.15) is 11.2 Å². The van der Waals surface area contributed by atoms with Crippen molar-refractivity contribution in [2.45, 2.75) is 26.1 Å². The monoisotopic (exact) mass is 417 g/mol. The van der Waals surface area contributed by atoms with E-state index in [0.29, 0.717) is 43.2 Å². The van der Waals surface area contributed by atoms with Crippen LogP contribution in [0.25, 0.3) is 0 Å². The van der Waals surface area contributed by atoms with Gasteiger partial charge in [0.15, 0.2) is 11.5 Å². The van der Waals surface area contributed by atoms with Crippen molar-refractivity contribution in [1.82, 2.24) is 10.2 Å². The van der Waals surface area contributed by atoms with Crippen LogP contribution in [-0.2, 0) is 17.7 Å². The van der Waals surface area contributed by atoms with Crippen LogP contribution in [0, 0.1) is 0 Å². The van der Waals surface area contributed by atoms with Gasteiger partial charge in [0.2, 0.25) is 0 Å². The Balaban J connectivity index is 1.64. The van der Waals surface area contributed by atoms with E-state index in [9.17, 15) is 9.59 Å². The van der Waals surface area contributed by atoms with Crippen LogP contribution in [0.1, 0.15) is 39.5 Å². The topological polar surface area (TPSA) is 89.1 Å². The van der Waals surface area contributed by atoms with Crippen LogP contribution >= 0.6 is 11.3 Å². The van der Waals surface area contributed by atoms with Crippen molar-refractivity contribution in [3.05, 3.63) is 39.8 Å². The normalized spacial score (nSPS) is 17.6. The molecule has 2 aliphatic rings. The highest BCUT2D eigenvalue weighted by molar-refractivity contribution is 7.16. The molecule has 2 aromatic rings. The largest absolute Gasteiger partial charge is 0.493 e. The second-order valence-corrected chi connectivity index (χ2v) is 7.82. The minimum absolute atomic E-state index is 0.129. The lowest BCUT2D eigenvalue weighted by atomic mass is 10.00. The van der Waals surface area contributed by atoms with Gasteiger partial charge in [-0.1, -0.05) is 12.1 Å². The Morgan fingerprint density at radius 2 is 2.10 bits per heavy atom. The summed E-state index contributed by atoms with van der Waals surface area (Å²) in [5.41, 5.74) is 2.46. The van der Waals surface area contributed by atoms with Crippen LogP contribution in [0.4, 0.5) is 9.80 Å². The Hall–Kier alpha value is -2.94. The molecule has 1 unspecified atom stereocenters. The number of anilines is 1. The van der Waals surface area contributed by atoms with Crippen LogP contribution in [0.2, 0.25) is 0 Å². The van der Waals surface area contributed by atoms with Gasteiger partial charge in [-0.25, -0.2) is 4.79 Å². The zero-order chi connectivity index (χ0) is 20.5. The Kier molecular flexibility index (Phi) is 5.23. The number of fused-ring (bicyclic) bond motifs is 3. The van der Waals surface area contributed by atoms with E-state index in [4.69, 9.17) is 14.2 Å². The van der Waals surface area contributed by atoms with E-state index in [1.807, 2.05) is 18.2 Å². The van der Waals surface area contributed by atoms with Gasteiger partial charge in [0.25, 0.3) is 5.91 Å². The van der Waals surface area contributed by atoms with Gasteiger partial charge >= 0.3 is 6.09 Å². The maximum atomic E-state index is 13.0. The summed E-state index contributed by atoms with van der Waals surface area (Å²) in [5.74, 6) is 1.05. The van der Waals surface area contributed by atoms with E-state index >= 15 is 0 Å². The molecule has 2 aliphatic heterocycles. The third-order valence-corrected chi connectivity index (χ3v) is 6.25. The fourth-order valence-electron chi connectivity index (χ4n) is 3.78. The Morgan fingerprint density at radius 3 is 2.83 bits per heavy atom. The average molecular weight is 417 g/mol. The van der Waals surface area contributed by atoms with Crippen molar-refractivity contribution in [3.8, 4) is 11.5 Å². The number of benzene rings is 1. The van der Waals surface area contributed by atoms with Gasteiger partial charge in [0.05, 0.1) is 32.9 Å². The quantitative estimate of drug-likeness (QED) is 0.795. The van der Waals surface area contributed by atoms with Gasteiger partial charge < -0.3 is 29.7 Å². The fraction of sp³-hybridized carbons (Fsp3) is 0.400. The number of thiophene rings is 1. The van der Waals surface area contributed by atoms with E-state index in [2.05, 4.69) is 10.6 Å². The number of methoxy groups -OCH3 is 2. The van der Waals surface area contributed by atoms with Gasteiger partial charge in [-0.05, 0) is 25.0 Å². The number of hydrogen-bond donors (Lipinski definition) is 2. The lowest BCUT2D eigenvalue weighted by Gasteiger charge is -2.29. The highest BCUT2D eigenvalue weighted by atomic mass is 32.1. The predicted octanol–water partition coefficient (Wildman–Crippen LogP) is 3.13. The number of carbonyl (C=O) groups is 2. The molecule has 0 saturated carbocycles. The molecule has 2 amide bonds. The molecule has 0 spiro atoms. The Bertz CT molecular complexity index is 958. The smallest absolute Gasteiger partial charge is 0.410 e. The lowest BCUT2D eigenvalue weighted by molar-refractivity contribution is 0.0933. The number of amides is 2. The molecule has 4 rings (SSSR count). The number of nitrogens with one attached hydrogen (secondary N) is 2. The minimum atomic E-state index is -0.443. The molecule has 8 nitrogen and oxygen atoms in total. The zero-order valence-electron chi connectivity index (χ0n) is 16.5.